The van der Waals surface area contributed by atoms with Crippen molar-refractivity contribution in [2.45, 2.75) is 19.9 Å². The number of likely N-dealkylation sites (tertiary alicyclic amines) is 1. The summed E-state index contributed by atoms with van der Waals surface area (Å²) in [4.78, 5) is 25.7. The van der Waals surface area contributed by atoms with Gasteiger partial charge in [0, 0.05) is 13.1 Å². The van der Waals surface area contributed by atoms with E-state index in [0.29, 0.717) is 19.6 Å². The Hall–Kier alpha value is -1.68. The third-order valence-corrected chi connectivity index (χ3v) is 3.32. The SMILES string of the molecule is CCOC(=O)[C@H]1CCN(Cc2ccccc2)CC1=O. The third-order valence-electron chi connectivity index (χ3n) is 3.32. The minimum absolute atomic E-state index is 0.0272. The van der Waals surface area contributed by atoms with Crippen LogP contribution >= 0.6 is 0 Å². The maximum atomic E-state index is 12.0. The number of ketones is 1. The van der Waals surface area contributed by atoms with Gasteiger partial charge in [0.2, 0.25) is 0 Å². The van der Waals surface area contributed by atoms with E-state index in [4.69, 9.17) is 4.74 Å². The number of ether oxygens (including phenoxy) is 1. The number of Topliss-reactive ketones (excluding diaryl/α,β-unsaturated/α-hetero) is 1. The summed E-state index contributed by atoms with van der Waals surface area (Å²) < 4.78 is 4.93. The number of hydrogen-bond donors (Lipinski definition) is 0. The summed E-state index contributed by atoms with van der Waals surface area (Å²) in [5.74, 6) is -0.959. The van der Waals surface area contributed by atoms with Gasteiger partial charge in [-0.25, -0.2) is 0 Å². The minimum atomic E-state index is -0.563. The molecule has 0 amide bonds. The van der Waals surface area contributed by atoms with E-state index in [1.165, 1.54) is 5.56 Å². The molecule has 1 heterocycles. The fourth-order valence-corrected chi connectivity index (χ4v) is 2.35. The van der Waals surface area contributed by atoms with Crippen molar-refractivity contribution in [2.75, 3.05) is 19.7 Å². The predicted molar refractivity (Wildman–Crippen MR) is 71.5 cm³/mol. The Labute approximate surface area is 113 Å². The lowest BCUT2D eigenvalue weighted by molar-refractivity contribution is -0.153. The Bertz CT molecular complexity index is 444. The second kappa shape index (κ2) is 6.48. The fraction of sp³-hybridized carbons (Fsp3) is 0.467. The van der Waals surface area contributed by atoms with Crippen LogP contribution in [0.4, 0.5) is 0 Å². The van der Waals surface area contributed by atoms with Crippen LogP contribution in [0.3, 0.4) is 0 Å². The van der Waals surface area contributed by atoms with E-state index in [9.17, 15) is 9.59 Å². The van der Waals surface area contributed by atoms with Crippen LogP contribution in [0.5, 0.6) is 0 Å². The van der Waals surface area contributed by atoms with Crippen LogP contribution in [0.1, 0.15) is 18.9 Å². The van der Waals surface area contributed by atoms with Crippen LogP contribution in [0, 0.1) is 5.92 Å². The highest BCUT2D eigenvalue weighted by molar-refractivity contribution is 6.00. The molecule has 4 heteroatoms. The van der Waals surface area contributed by atoms with Crippen molar-refractivity contribution >= 4 is 11.8 Å². The van der Waals surface area contributed by atoms with Gasteiger partial charge in [-0.2, -0.15) is 0 Å². The van der Waals surface area contributed by atoms with Crippen molar-refractivity contribution in [3.63, 3.8) is 0 Å². The van der Waals surface area contributed by atoms with E-state index >= 15 is 0 Å². The van der Waals surface area contributed by atoms with Crippen LogP contribution in [0.2, 0.25) is 0 Å². The Morgan fingerprint density at radius 3 is 2.74 bits per heavy atom. The summed E-state index contributed by atoms with van der Waals surface area (Å²) in [6.45, 7) is 3.92. The first kappa shape index (κ1) is 13.7. The molecular formula is C15H19NO3. The predicted octanol–water partition coefficient (Wildman–Crippen LogP) is 1.64. The molecular weight excluding hydrogens is 242 g/mol. The zero-order chi connectivity index (χ0) is 13.7. The normalized spacial score (nSPS) is 20.3. The molecule has 4 nitrogen and oxygen atoms in total. The highest BCUT2D eigenvalue weighted by atomic mass is 16.5. The number of carbonyl (C=O) groups excluding carboxylic acids is 2. The number of hydrogen-bond acceptors (Lipinski definition) is 4. The Kier molecular flexibility index (Phi) is 4.68. The van der Waals surface area contributed by atoms with E-state index in [-0.39, 0.29) is 11.8 Å². The molecule has 0 saturated carbocycles. The quantitative estimate of drug-likeness (QED) is 0.610. The largest absolute Gasteiger partial charge is 0.465 e. The number of rotatable bonds is 4. The second-order valence-electron chi connectivity index (χ2n) is 4.76. The smallest absolute Gasteiger partial charge is 0.316 e. The highest BCUT2D eigenvalue weighted by Gasteiger charge is 2.33. The summed E-state index contributed by atoms with van der Waals surface area (Å²) in [5, 5.41) is 0. The zero-order valence-corrected chi connectivity index (χ0v) is 11.2. The van der Waals surface area contributed by atoms with Crippen LogP contribution in [0.15, 0.2) is 30.3 Å². The lowest BCUT2D eigenvalue weighted by Crippen LogP contribution is -2.43. The Morgan fingerprint density at radius 1 is 1.37 bits per heavy atom. The van der Waals surface area contributed by atoms with Crippen molar-refractivity contribution in [1.29, 1.82) is 0 Å². The maximum absolute atomic E-state index is 12.0. The van der Waals surface area contributed by atoms with Crippen molar-refractivity contribution < 1.29 is 14.3 Å². The van der Waals surface area contributed by atoms with Crippen LogP contribution in [-0.4, -0.2) is 36.3 Å². The van der Waals surface area contributed by atoms with Gasteiger partial charge in [-0.1, -0.05) is 30.3 Å². The van der Waals surface area contributed by atoms with Gasteiger partial charge in [0.25, 0.3) is 0 Å². The van der Waals surface area contributed by atoms with Gasteiger partial charge in [0.1, 0.15) is 5.92 Å². The number of nitrogens with zero attached hydrogens (tertiary/aromatic N) is 1. The average Bonchev–Trinajstić information content (AvgIpc) is 2.40. The Morgan fingerprint density at radius 2 is 2.11 bits per heavy atom. The van der Waals surface area contributed by atoms with Crippen molar-refractivity contribution in [3.8, 4) is 0 Å². The molecule has 1 atom stereocenters. The number of carbonyl (C=O) groups is 2. The van der Waals surface area contributed by atoms with E-state index in [0.717, 1.165) is 13.1 Å². The van der Waals surface area contributed by atoms with E-state index in [2.05, 4.69) is 4.90 Å². The van der Waals surface area contributed by atoms with Gasteiger partial charge < -0.3 is 4.74 Å². The average molecular weight is 261 g/mol. The van der Waals surface area contributed by atoms with Crippen molar-refractivity contribution in [1.82, 2.24) is 4.90 Å². The van der Waals surface area contributed by atoms with Gasteiger partial charge in [-0.15, -0.1) is 0 Å². The zero-order valence-electron chi connectivity index (χ0n) is 11.2. The molecule has 1 saturated heterocycles. The molecule has 2 rings (SSSR count). The minimum Gasteiger partial charge on any atom is -0.465 e. The standard InChI is InChI=1S/C15H19NO3/c1-2-19-15(18)13-8-9-16(11-14(13)17)10-12-6-4-3-5-7-12/h3-7,13H,2,8-11H2,1H3/t13-/m0/s1. The summed E-state index contributed by atoms with van der Waals surface area (Å²) in [5.41, 5.74) is 1.19. The molecule has 0 bridgehead atoms. The van der Waals surface area contributed by atoms with Crippen LogP contribution in [-0.2, 0) is 20.9 Å². The molecule has 1 aliphatic rings. The summed E-state index contributed by atoms with van der Waals surface area (Å²) in [7, 11) is 0. The lowest BCUT2D eigenvalue weighted by atomic mass is 9.95. The van der Waals surface area contributed by atoms with Gasteiger partial charge in [-0.3, -0.25) is 14.5 Å². The van der Waals surface area contributed by atoms with Crippen LogP contribution in [0.25, 0.3) is 0 Å². The molecule has 1 fully saturated rings. The first-order chi connectivity index (χ1) is 9.20. The number of benzene rings is 1. The van der Waals surface area contributed by atoms with E-state index < -0.39 is 5.92 Å². The van der Waals surface area contributed by atoms with Crippen molar-refractivity contribution in [2.24, 2.45) is 5.92 Å². The molecule has 0 N–H and O–H groups in total. The van der Waals surface area contributed by atoms with Crippen LogP contribution < -0.4 is 0 Å². The maximum Gasteiger partial charge on any atom is 0.316 e. The first-order valence-corrected chi connectivity index (χ1v) is 6.66. The third kappa shape index (κ3) is 3.64. The molecule has 0 unspecified atom stereocenters. The summed E-state index contributed by atoms with van der Waals surface area (Å²) in [6, 6.07) is 10.0. The molecule has 1 aliphatic heterocycles. The molecule has 0 spiro atoms. The number of piperidine rings is 1. The van der Waals surface area contributed by atoms with Gasteiger partial charge in [-0.05, 0) is 18.9 Å². The summed E-state index contributed by atoms with van der Waals surface area (Å²) in [6.07, 6.45) is 0.560. The molecule has 0 aliphatic carbocycles. The molecule has 102 valence electrons. The second-order valence-corrected chi connectivity index (χ2v) is 4.76. The van der Waals surface area contributed by atoms with Gasteiger partial charge in [0.05, 0.1) is 13.2 Å². The van der Waals surface area contributed by atoms with Gasteiger partial charge in [0.15, 0.2) is 5.78 Å². The molecule has 0 radical (unpaired) electrons. The summed E-state index contributed by atoms with van der Waals surface area (Å²) >= 11 is 0. The highest BCUT2D eigenvalue weighted by Crippen LogP contribution is 2.17. The first-order valence-electron chi connectivity index (χ1n) is 6.66. The molecule has 1 aromatic carbocycles. The monoisotopic (exact) mass is 261 g/mol. The molecule has 19 heavy (non-hydrogen) atoms. The van der Waals surface area contributed by atoms with E-state index in [1.54, 1.807) is 6.92 Å². The Balaban J connectivity index is 1.90. The lowest BCUT2D eigenvalue weighted by Gasteiger charge is -2.29. The molecule has 1 aromatic rings. The topological polar surface area (TPSA) is 46.6 Å². The number of esters is 1. The van der Waals surface area contributed by atoms with E-state index in [1.807, 2.05) is 30.3 Å². The van der Waals surface area contributed by atoms with Crippen molar-refractivity contribution in [3.05, 3.63) is 35.9 Å². The molecule has 0 aromatic heterocycles. The fourth-order valence-electron chi connectivity index (χ4n) is 2.35. The van der Waals surface area contributed by atoms with Gasteiger partial charge >= 0.3 is 5.97 Å².